The molecule has 2 aromatic rings. The molecule has 0 atom stereocenters. The van der Waals surface area contributed by atoms with Crippen LogP contribution in [0.15, 0.2) is 47.4 Å². The quantitative estimate of drug-likeness (QED) is 0.551. The van der Waals surface area contributed by atoms with E-state index in [0.29, 0.717) is 11.3 Å². The molecule has 0 saturated heterocycles. The van der Waals surface area contributed by atoms with E-state index in [9.17, 15) is 8.42 Å². The number of nitrogens with one attached hydrogen (secondary N) is 1. The second kappa shape index (κ2) is 6.47. The van der Waals surface area contributed by atoms with E-state index < -0.39 is 10.0 Å². The first kappa shape index (κ1) is 16.5. The predicted molar refractivity (Wildman–Crippen MR) is 97.3 cm³/mol. The van der Waals surface area contributed by atoms with Crippen LogP contribution in [0.1, 0.15) is 5.56 Å². The number of nitrogens with two attached hydrogens (primary N) is 1. The second-order valence-electron chi connectivity index (χ2n) is 4.12. The topological polar surface area (TPSA) is 72.2 Å². The van der Waals surface area contributed by atoms with Crippen molar-refractivity contribution in [1.82, 2.24) is 0 Å². The van der Waals surface area contributed by atoms with Crippen molar-refractivity contribution >= 4 is 67.1 Å². The fourth-order valence-corrected chi connectivity index (χ4v) is 3.83. The first-order valence-corrected chi connectivity index (χ1v) is 9.02. The van der Waals surface area contributed by atoms with Gasteiger partial charge in [0.05, 0.1) is 9.92 Å². The molecule has 110 valence electrons. The number of thiocarbonyl (C=S) groups is 1. The number of rotatable bonds is 4. The minimum absolute atomic E-state index is 0.0476. The van der Waals surface area contributed by atoms with Gasteiger partial charge in [0.2, 0.25) is 0 Å². The average Bonchev–Trinajstić information content (AvgIpc) is 2.37. The van der Waals surface area contributed by atoms with Crippen LogP contribution in [0.25, 0.3) is 0 Å². The molecule has 0 heterocycles. The zero-order valence-electron chi connectivity index (χ0n) is 10.5. The molecule has 0 aromatic heterocycles. The molecule has 3 N–H and O–H groups in total. The molecule has 0 aliphatic carbocycles. The fraction of sp³-hybridized carbons (Fsp3) is 0. The Labute approximate surface area is 146 Å². The summed E-state index contributed by atoms with van der Waals surface area (Å²) in [7, 11) is -3.72. The van der Waals surface area contributed by atoms with Gasteiger partial charge in [-0.3, -0.25) is 4.72 Å². The molecule has 4 nitrogen and oxygen atoms in total. The first-order valence-electron chi connectivity index (χ1n) is 5.67. The zero-order valence-corrected chi connectivity index (χ0v) is 15.1. The number of sulfonamides is 1. The molecule has 0 fully saturated rings. The lowest BCUT2D eigenvalue weighted by atomic mass is 10.2. The largest absolute Gasteiger partial charge is 0.389 e. The predicted octanol–water partition coefficient (Wildman–Crippen LogP) is 3.38. The summed E-state index contributed by atoms with van der Waals surface area (Å²) >= 11 is 12.9. The number of benzene rings is 2. The Kier molecular flexibility index (Phi) is 5.07. The Balaban J connectivity index is 2.36. The van der Waals surface area contributed by atoms with Crippen LogP contribution in [0.3, 0.4) is 0 Å². The lowest BCUT2D eigenvalue weighted by molar-refractivity contribution is 0.601. The van der Waals surface area contributed by atoms with Crippen molar-refractivity contribution in [1.29, 1.82) is 0 Å². The molecule has 0 aliphatic heterocycles. The molecule has 2 rings (SSSR count). The van der Waals surface area contributed by atoms with Crippen LogP contribution in [0.2, 0.25) is 5.02 Å². The van der Waals surface area contributed by atoms with Gasteiger partial charge >= 0.3 is 0 Å². The summed E-state index contributed by atoms with van der Waals surface area (Å²) in [4.78, 5) is 0.167. The van der Waals surface area contributed by atoms with E-state index in [-0.39, 0.29) is 14.9 Å². The Hall–Kier alpha value is -0.900. The lowest BCUT2D eigenvalue weighted by Gasteiger charge is -2.10. The molecule has 0 unspecified atom stereocenters. The smallest absolute Gasteiger partial charge is 0.261 e. The van der Waals surface area contributed by atoms with Gasteiger partial charge in [-0.1, -0.05) is 29.9 Å². The maximum atomic E-state index is 12.3. The summed E-state index contributed by atoms with van der Waals surface area (Å²) in [6, 6.07) is 11.3. The molecule has 0 bridgehead atoms. The highest BCUT2D eigenvalue weighted by Gasteiger charge is 2.16. The third-order valence-electron chi connectivity index (χ3n) is 2.59. The van der Waals surface area contributed by atoms with Crippen LogP contribution in [0.5, 0.6) is 0 Å². The highest BCUT2D eigenvalue weighted by atomic mass is 127. The van der Waals surface area contributed by atoms with Crippen molar-refractivity contribution in [3.8, 4) is 0 Å². The van der Waals surface area contributed by atoms with E-state index in [0.717, 1.165) is 3.57 Å². The summed E-state index contributed by atoms with van der Waals surface area (Å²) in [6.07, 6.45) is 0. The molecular weight excluding hydrogens is 443 g/mol. The standard InChI is InChI=1S/C13H10ClIN2O2S2/c14-12-7-10(4-5-11(12)13(16)20)21(18,19)17-9-3-1-2-8(15)6-9/h1-7,17H,(H2,16,20). The van der Waals surface area contributed by atoms with Crippen molar-refractivity contribution in [2.75, 3.05) is 4.72 Å². The van der Waals surface area contributed by atoms with Crippen LogP contribution >= 0.6 is 46.4 Å². The molecule has 2 aromatic carbocycles. The zero-order chi connectivity index (χ0) is 15.6. The molecule has 0 saturated carbocycles. The number of halogens is 2. The van der Waals surface area contributed by atoms with Crippen LogP contribution < -0.4 is 10.5 Å². The van der Waals surface area contributed by atoms with E-state index in [1.807, 2.05) is 6.07 Å². The third kappa shape index (κ3) is 4.06. The van der Waals surface area contributed by atoms with E-state index in [2.05, 4.69) is 27.3 Å². The third-order valence-corrected chi connectivity index (χ3v) is 5.18. The van der Waals surface area contributed by atoms with Crippen molar-refractivity contribution in [2.24, 2.45) is 5.73 Å². The van der Waals surface area contributed by atoms with Crippen molar-refractivity contribution in [2.45, 2.75) is 4.90 Å². The van der Waals surface area contributed by atoms with Crippen LogP contribution in [-0.2, 0) is 10.0 Å². The van der Waals surface area contributed by atoms with Gasteiger partial charge in [-0.15, -0.1) is 0 Å². The average molecular weight is 453 g/mol. The van der Waals surface area contributed by atoms with E-state index in [1.165, 1.54) is 18.2 Å². The normalized spacial score (nSPS) is 11.1. The number of anilines is 1. The second-order valence-corrected chi connectivity index (χ2v) is 7.90. The molecule has 8 heteroatoms. The molecule has 0 amide bonds. The summed E-state index contributed by atoms with van der Waals surface area (Å²) in [6.45, 7) is 0. The Bertz CT molecular complexity index is 810. The Morgan fingerprint density at radius 3 is 2.52 bits per heavy atom. The SMILES string of the molecule is NC(=S)c1ccc(S(=O)(=O)Nc2cccc(I)c2)cc1Cl. The van der Waals surface area contributed by atoms with Gasteiger partial charge in [-0.25, -0.2) is 8.42 Å². The Morgan fingerprint density at radius 2 is 1.95 bits per heavy atom. The minimum Gasteiger partial charge on any atom is -0.389 e. The summed E-state index contributed by atoms with van der Waals surface area (Å²) in [5.41, 5.74) is 6.42. The fourth-order valence-electron chi connectivity index (χ4n) is 1.63. The van der Waals surface area contributed by atoms with Gasteiger partial charge < -0.3 is 5.73 Å². The van der Waals surface area contributed by atoms with Gasteiger partial charge in [0, 0.05) is 14.8 Å². The van der Waals surface area contributed by atoms with E-state index >= 15 is 0 Å². The highest BCUT2D eigenvalue weighted by Crippen LogP contribution is 2.23. The van der Waals surface area contributed by atoms with Gasteiger partial charge in [0.1, 0.15) is 4.99 Å². The van der Waals surface area contributed by atoms with Crippen molar-refractivity contribution < 1.29 is 8.42 Å². The van der Waals surface area contributed by atoms with E-state index in [1.54, 1.807) is 18.2 Å². The Morgan fingerprint density at radius 1 is 1.24 bits per heavy atom. The lowest BCUT2D eigenvalue weighted by Crippen LogP contribution is -2.14. The number of hydrogen-bond acceptors (Lipinski definition) is 3. The molecular formula is C13H10ClIN2O2S2. The molecule has 0 aliphatic rings. The van der Waals surface area contributed by atoms with Crippen molar-refractivity contribution in [3.05, 3.63) is 56.6 Å². The monoisotopic (exact) mass is 452 g/mol. The maximum Gasteiger partial charge on any atom is 0.261 e. The summed E-state index contributed by atoms with van der Waals surface area (Å²) in [5.74, 6) is 0. The van der Waals surface area contributed by atoms with Gasteiger partial charge in [-0.05, 0) is 59.0 Å². The van der Waals surface area contributed by atoms with Crippen LogP contribution in [-0.4, -0.2) is 13.4 Å². The van der Waals surface area contributed by atoms with Crippen LogP contribution in [0, 0.1) is 3.57 Å². The summed E-state index contributed by atoms with van der Waals surface area (Å²) < 4.78 is 28.0. The molecule has 0 spiro atoms. The first-order chi connectivity index (χ1) is 9.79. The van der Waals surface area contributed by atoms with Gasteiger partial charge in [0.25, 0.3) is 10.0 Å². The van der Waals surface area contributed by atoms with Gasteiger partial charge in [0.15, 0.2) is 0 Å². The molecule has 0 radical (unpaired) electrons. The van der Waals surface area contributed by atoms with Gasteiger partial charge in [-0.2, -0.15) is 0 Å². The molecule has 21 heavy (non-hydrogen) atoms. The minimum atomic E-state index is -3.72. The maximum absolute atomic E-state index is 12.3. The summed E-state index contributed by atoms with van der Waals surface area (Å²) in [5, 5.41) is 0.202. The van der Waals surface area contributed by atoms with E-state index in [4.69, 9.17) is 29.6 Å². The van der Waals surface area contributed by atoms with Crippen molar-refractivity contribution in [3.63, 3.8) is 0 Å². The number of hydrogen-bond donors (Lipinski definition) is 2. The highest BCUT2D eigenvalue weighted by molar-refractivity contribution is 14.1. The van der Waals surface area contributed by atoms with Crippen LogP contribution in [0.4, 0.5) is 5.69 Å².